The van der Waals surface area contributed by atoms with E-state index >= 15 is 0 Å². The maximum Gasteiger partial charge on any atom is 0.214 e. The summed E-state index contributed by atoms with van der Waals surface area (Å²) in [5, 5.41) is 8.93. The van der Waals surface area contributed by atoms with Crippen LogP contribution in [-0.2, 0) is 19.4 Å². The molecule has 3 heterocycles. The lowest BCUT2D eigenvalue weighted by Crippen LogP contribution is -2.02. The van der Waals surface area contributed by atoms with Crippen molar-refractivity contribution < 1.29 is 4.74 Å². The molecular formula is C20H17ClN4O. The van der Waals surface area contributed by atoms with Gasteiger partial charge in [0.25, 0.3) is 0 Å². The van der Waals surface area contributed by atoms with Gasteiger partial charge in [-0.15, -0.1) is 12.4 Å². The van der Waals surface area contributed by atoms with Gasteiger partial charge < -0.3 is 4.74 Å². The second-order valence-electron chi connectivity index (χ2n) is 5.94. The Balaban J connectivity index is 0.00000196. The average Bonchev–Trinajstić information content (AvgIpc) is 3.15. The molecule has 3 aromatic rings. The topological polar surface area (TPSA) is 71.7 Å². The monoisotopic (exact) mass is 364 g/mol. The fourth-order valence-electron chi connectivity index (χ4n) is 3.10. The van der Waals surface area contributed by atoms with Gasteiger partial charge in [0.15, 0.2) is 0 Å². The van der Waals surface area contributed by atoms with E-state index in [2.05, 4.69) is 21.0 Å². The van der Waals surface area contributed by atoms with Crippen molar-refractivity contribution >= 4 is 12.4 Å². The molecule has 0 radical (unpaired) electrons. The lowest BCUT2D eigenvalue weighted by atomic mass is 10.0. The molecule has 26 heavy (non-hydrogen) atoms. The Bertz CT molecular complexity index is 937. The van der Waals surface area contributed by atoms with E-state index in [4.69, 9.17) is 10.00 Å². The van der Waals surface area contributed by atoms with Crippen LogP contribution in [-0.4, -0.2) is 15.0 Å². The Hall–Kier alpha value is -2.97. The van der Waals surface area contributed by atoms with Crippen molar-refractivity contribution in [1.82, 2.24) is 15.0 Å². The number of ether oxygens (including phenoxy) is 1. The van der Waals surface area contributed by atoms with E-state index in [0.29, 0.717) is 18.2 Å². The highest BCUT2D eigenvalue weighted by molar-refractivity contribution is 5.85. The zero-order valence-corrected chi connectivity index (χ0v) is 14.9. The Morgan fingerprint density at radius 1 is 1.12 bits per heavy atom. The zero-order valence-electron chi connectivity index (χ0n) is 14.1. The molecule has 0 amide bonds. The summed E-state index contributed by atoms with van der Waals surface area (Å²) >= 11 is 0. The second-order valence-corrected chi connectivity index (χ2v) is 5.94. The van der Waals surface area contributed by atoms with Crippen LogP contribution in [0.4, 0.5) is 0 Å². The third-order valence-electron chi connectivity index (χ3n) is 4.31. The Kier molecular flexibility index (Phi) is 5.45. The standard InChI is InChI=1S/C20H16N4O.ClH/c21-11-15-8-7-14(12-23-15)18-10-20(24-19-6-3-5-17(18)19)25-13-16-4-1-2-9-22-16;/h1-2,4,7-10,12H,3,5-6,13H2;1H. The van der Waals surface area contributed by atoms with Gasteiger partial charge in [-0.25, -0.2) is 9.97 Å². The number of aryl methyl sites for hydroxylation is 1. The number of aromatic nitrogens is 3. The Labute approximate surface area is 158 Å². The molecule has 0 bridgehead atoms. The van der Waals surface area contributed by atoms with Gasteiger partial charge >= 0.3 is 0 Å². The molecule has 0 aromatic carbocycles. The fraction of sp³-hybridized carbons (Fsp3) is 0.200. The van der Waals surface area contributed by atoms with Crippen molar-refractivity contribution in [3.63, 3.8) is 0 Å². The van der Waals surface area contributed by atoms with Crippen molar-refractivity contribution in [3.05, 3.63) is 71.4 Å². The third kappa shape index (κ3) is 3.66. The molecule has 0 saturated heterocycles. The summed E-state index contributed by atoms with van der Waals surface area (Å²) in [7, 11) is 0. The summed E-state index contributed by atoms with van der Waals surface area (Å²) in [6.07, 6.45) is 6.57. The zero-order chi connectivity index (χ0) is 17.1. The van der Waals surface area contributed by atoms with Crippen molar-refractivity contribution in [2.24, 2.45) is 0 Å². The van der Waals surface area contributed by atoms with E-state index in [1.165, 1.54) is 5.56 Å². The molecule has 0 saturated carbocycles. The van der Waals surface area contributed by atoms with Gasteiger partial charge in [-0.3, -0.25) is 4.98 Å². The number of hydrogen-bond donors (Lipinski definition) is 0. The SMILES string of the molecule is Cl.N#Cc1ccc(-c2cc(OCc3ccccn3)nc3c2CCC3)cn1. The number of nitriles is 1. The maximum absolute atomic E-state index is 8.93. The highest BCUT2D eigenvalue weighted by atomic mass is 35.5. The normalized spacial score (nSPS) is 12.0. The first-order valence-corrected chi connectivity index (χ1v) is 8.25. The molecule has 5 nitrogen and oxygen atoms in total. The lowest BCUT2D eigenvalue weighted by molar-refractivity contribution is 0.288. The number of hydrogen-bond acceptors (Lipinski definition) is 5. The summed E-state index contributed by atoms with van der Waals surface area (Å²) in [4.78, 5) is 13.1. The van der Waals surface area contributed by atoms with Crippen LogP contribution in [0.5, 0.6) is 5.88 Å². The van der Waals surface area contributed by atoms with Crippen molar-refractivity contribution in [1.29, 1.82) is 5.26 Å². The first kappa shape index (κ1) is 17.8. The van der Waals surface area contributed by atoms with E-state index in [9.17, 15) is 0 Å². The van der Waals surface area contributed by atoms with Crippen LogP contribution < -0.4 is 4.74 Å². The molecule has 4 rings (SSSR count). The molecule has 130 valence electrons. The highest BCUT2D eigenvalue weighted by Gasteiger charge is 2.19. The number of rotatable bonds is 4. The summed E-state index contributed by atoms with van der Waals surface area (Å²) in [6, 6.07) is 13.4. The van der Waals surface area contributed by atoms with Crippen LogP contribution >= 0.6 is 12.4 Å². The molecule has 0 spiro atoms. The van der Waals surface area contributed by atoms with Crippen molar-refractivity contribution in [3.8, 4) is 23.1 Å². The molecule has 1 aliphatic carbocycles. The van der Waals surface area contributed by atoms with E-state index in [-0.39, 0.29) is 12.4 Å². The molecular weight excluding hydrogens is 348 g/mol. The van der Waals surface area contributed by atoms with Gasteiger partial charge in [-0.2, -0.15) is 5.26 Å². The van der Waals surface area contributed by atoms with Crippen LogP contribution in [0.3, 0.4) is 0 Å². The first-order chi connectivity index (χ1) is 12.3. The number of nitrogens with zero attached hydrogens (tertiary/aromatic N) is 4. The average molecular weight is 365 g/mol. The predicted molar refractivity (Wildman–Crippen MR) is 100 cm³/mol. The molecule has 0 aliphatic heterocycles. The first-order valence-electron chi connectivity index (χ1n) is 8.25. The van der Waals surface area contributed by atoms with Gasteiger partial charge in [-0.05, 0) is 54.7 Å². The molecule has 1 aliphatic rings. The largest absolute Gasteiger partial charge is 0.471 e. The van der Waals surface area contributed by atoms with Gasteiger partial charge in [-0.1, -0.05) is 6.07 Å². The minimum Gasteiger partial charge on any atom is -0.471 e. The van der Waals surface area contributed by atoms with Crippen LogP contribution in [0.25, 0.3) is 11.1 Å². The van der Waals surface area contributed by atoms with Gasteiger partial charge in [0.1, 0.15) is 18.4 Å². The fourth-order valence-corrected chi connectivity index (χ4v) is 3.10. The summed E-state index contributed by atoms with van der Waals surface area (Å²) < 4.78 is 5.88. The van der Waals surface area contributed by atoms with Crippen molar-refractivity contribution in [2.75, 3.05) is 0 Å². The predicted octanol–water partition coefficient (Wildman–Crippen LogP) is 3.90. The van der Waals surface area contributed by atoms with Crippen LogP contribution in [0.15, 0.2) is 48.8 Å². The van der Waals surface area contributed by atoms with E-state index in [1.54, 1.807) is 18.5 Å². The minimum absolute atomic E-state index is 0. The van der Waals surface area contributed by atoms with Crippen LogP contribution in [0.1, 0.15) is 29.1 Å². The Morgan fingerprint density at radius 2 is 2.04 bits per heavy atom. The molecule has 6 heteroatoms. The quantitative estimate of drug-likeness (QED) is 0.702. The summed E-state index contributed by atoms with van der Waals surface area (Å²) in [6.45, 7) is 0.387. The smallest absolute Gasteiger partial charge is 0.214 e. The summed E-state index contributed by atoms with van der Waals surface area (Å²) in [5.41, 5.74) is 5.72. The Morgan fingerprint density at radius 3 is 2.77 bits per heavy atom. The molecule has 0 unspecified atom stereocenters. The van der Waals surface area contributed by atoms with Crippen LogP contribution in [0.2, 0.25) is 0 Å². The number of fused-ring (bicyclic) bond motifs is 1. The molecule has 3 aromatic heterocycles. The molecule has 0 fully saturated rings. The molecule has 0 N–H and O–H groups in total. The maximum atomic E-state index is 8.93. The lowest BCUT2D eigenvalue weighted by Gasteiger charge is -2.12. The number of pyridine rings is 3. The third-order valence-corrected chi connectivity index (χ3v) is 4.31. The summed E-state index contributed by atoms with van der Waals surface area (Å²) in [5.74, 6) is 0.602. The molecule has 0 atom stereocenters. The van der Waals surface area contributed by atoms with Gasteiger partial charge in [0.2, 0.25) is 5.88 Å². The van der Waals surface area contributed by atoms with Crippen molar-refractivity contribution in [2.45, 2.75) is 25.9 Å². The van der Waals surface area contributed by atoms with Gasteiger partial charge in [0, 0.05) is 29.7 Å². The van der Waals surface area contributed by atoms with Gasteiger partial charge in [0.05, 0.1) is 5.69 Å². The highest BCUT2D eigenvalue weighted by Crippen LogP contribution is 2.34. The van der Waals surface area contributed by atoms with Crippen LogP contribution in [0, 0.1) is 11.3 Å². The van der Waals surface area contributed by atoms with E-state index < -0.39 is 0 Å². The van der Waals surface area contributed by atoms with E-state index in [1.807, 2.05) is 30.3 Å². The van der Waals surface area contributed by atoms with E-state index in [0.717, 1.165) is 41.8 Å². The minimum atomic E-state index is 0. The second kappa shape index (κ2) is 7.94. The number of halogens is 1.